The van der Waals surface area contributed by atoms with Gasteiger partial charge < -0.3 is 4.79 Å². The van der Waals surface area contributed by atoms with Crippen LogP contribution in [0.3, 0.4) is 0 Å². The number of nitrogens with zero attached hydrogens (tertiary/aromatic N) is 2. The van der Waals surface area contributed by atoms with Crippen molar-refractivity contribution in [1.82, 2.24) is 9.78 Å². The predicted molar refractivity (Wildman–Crippen MR) is 42.2 cm³/mol. The van der Waals surface area contributed by atoms with Crippen LogP contribution in [-0.2, 0) is 4.79 Å². The minimum Gasteiger partial charge on any atom is -0.303 e. The van der Waals surface area contributed by atoms with Gasteiger partial charge in [0.25, 0.3) is 0 Å². The maximum absolute atomic E-state index is 10.2. The monoisotopic (exact) mass is 152 g/mol. The van der Waals surface area contributed by atoms with Crippen molar-refractivity contribution in [3.8, 4) is 0 Å². The van der Waals surface area contributed by atoms with Crippen LogP contribution in [0.15, 0.2) is 18.5 Å². The molecule has 0 aliphatic rings. The van der Waals surface area contributed by atoms with Crippen molar-refractivity contribution in [2.45, 2.75) is 25.8 Å². The Bertz CT molecular complexity index is 206. The molecule has 1 heterocycles. The fourth-order valence-electron chi connectivity index (χ4n) is 1.07. The Hall–Kier alpha value is -1.12. The third kappa shape index (κ3) is 1.90. The second kappa shape index (κ2) is 3.91. The van der Waals surface area contributed by atoms with Crippen molar-refractivity contribution in [1.29, 1.82) is 0 Å². The van der Waals surface area contributed by atoms with Crippen molar-refractivity contribution >= 4 is 6.29 Å². The molecule has 1 aromatic heterocycles. The van der Waals surface area contributed by atoms with Crippen LogP contribution in [0.1, 0.15) is 25.8 Å². The third-order valence-corrected chi connectivity index (χ3v) is 1.74. The lowest BCUT2D eigenvalue weighted by Gasteiger charge is -2.10. The zero-order valence-electron chi connectivity index (χ0n) is 6.60. The molecule has 60 valence electrons. The van der Waals surface area contributed by atoms with Crippen LogP contribution in [0.25, 0.3) is 0 Å². The van der Waals surface area contributed by atoms with Gasteiger partial charge in [-0.3, -0.25) is 4.68 Å². The topological polar surface area (TPSA) is 34.9 Å². The normalized spacial score (nSPS) is 12.8. The van der Waals surface area contributed by atoms with Crippen LogP contribution in [0.5, 0.6) is 0 Å². The summed E-state index contributed by atoms with van der Waals surface area (Å²) in [5.74, 6) is 0. The van der Waals surface area contributed by atoms with Crippen LogP contribution in [0.4, 0.5) is 0 Å². The largest absolute Gasteiger partial charge is 0.303 e. The molecule has 11 heavy (non-hydrogen) atoms. The van der Waals surface area contributed by atoms with Gasteiger partial charge in [-0.05, 0) is 12.5 Å². The Morgan fingerprint density at radius 3 is 3.00 bits per heavy atom. The van der Waals surface area contributed by atoms with E-state index in [-0.39, 0.29) is 6.04 Å². The first-order valence-electron chi connectivity index (χ1n) is 3.81. The quantitative estimate of drug-likeness (QED) is 0.611. The average molecular weight is 152 g/mol. The summed E-state index contributed by atoms with van der Waals surface area (Å²) in [5, 5.41) is 4.06. The SMILES string of the molecule is CCC(CC=O)n1cccn1. The van der Waals surface area contributed by atoms with E-state index in [0.29, 0.717) is 6.42 Å². The molecule has 0 aliphatic carbocycles. The number of rotatable bonds is 4. The zero-order valence-corrected chi connectivity index (χ0v) is 6.60. The Morgan fingerprint density at radius 2 is 2.55 bits per heavy atom. The molecule has 0 aromatic carbocycles. The first-order chi connectivity index (χ1) is 5.38. The molecule has 3 heteroatoms. The average Bonchev–Trinajstić information content (AvgIpc) is 2.52. The van der Waals surface area contributed by atoms with Crippen LogP contribution in [0.2, 0.25) is 0 Å². The maximum atomic E-state index is 10.2. The lowest BCUT2D eigenvalue weighted by atomic mass is 10.2. The molecule has 0 saturated heterocycles. The first kappa shape index (κ1) is 7.98. The molecule has 0 bridgehead atoms. The van der Waals surface area contributed by atoms with Gasteiger partial charge in [-0.2, -0.15) is 5.10 Å². The van der Waals surface area contributed by atoms with Crippen LogP contribution >= 0.6 is 0 Å². The molecule has 0 fully saturated rings. The minimum atomic E-state index is 0.238. The highest BCUT2D eigenvalue weighted by Gasteiger charge is 2.06. The summed E-state index contributed by atoms with van der Waals surface area (Å²) >= 11 is 0. The van der Waals surface area contributed by atoms with Crippen LogP contribution < -0.4 is 0 Å². The van der Waals surface area contributed by atoms with Gasteiger partial charge in [0.1, 0.15) is 6.29 Å². The zero-order chi connectivity index (χ0) is 8.10. The molecular formula is C8H12N2O. The molecule has 0 spiro atoms. The second-order valence-electron chi connectivity index (χ2n) is 2.45. The van der Waals surface area contributed by atoms with Crippen LogP contribution in [0, 0.1) is 0 Å². The molecule has 0 amide bonds. The van der Waals surface area contributed by atoms with Gasteiger partial charge in [-0.15, -0.1) is 0 Å². The molecule has 0 radical (unpaired) electrons. The van der Waals surface area contributed by atoms with E-state index in [1.165, 1.54) is 0 Å². The van der Waals surface area contributed by atoms with E-state index in [1.807, 2.05) is 16.9 Å². The molecule has 1 aromatic rings. The van der Waals surface area contributed by atoms with Crippen molar-refractivity contribution < 1.29 is 4.79 Å². The molecule has 0 N–H and O–H groups in total. The molecule has 0 saturated carbocycles. The van der Waals surface area contributed by atoms with E-state index in [1.54, 1.807) is 6.20 Å². The van der Waals surface area contributed by atoms with Gasteiger partial charge in [0, 0.05) is 18.8 Å². The van der Waals surface area contributed by atoms with Crippen molar-refractivity contribution in [2.75, 3.05) is 0 Å². The minimum absolute atomic E-state index is 0.238. The second-order valence-corrected chi connectivity index (χ2v) is 2.45. The Labute approximate surface area is 66.0 Å². The van der Waals surface area contributed by atoms with E-state index >= 15 is 0 Å². The molecule has 0 aliphatic heterocycles. The van der Waals surface area contributed by atoms with E-state index in [2.05, 4.69) is 12.0 Å². The fraction of sp³-hybridized carbons (Fsp3) is 0.500. The summed E-state index contributed by atoms with van der Waals surface area (Å²) in [6.45, 7) is 2.05. The van der Waals surface area contributed by atoms with E-state index in [4.69, 9.17) is 0 Å². The Morgan fingerprint density at radius 1 is 1.73 bits per heavy atom. The molecule has 3 nitrogen and oxygen atoms in total. The Kier molecular flexibility index (Phi) is 2.83. The number of carbonyl (C=O) groups excluding carboxylic acids is 1. The van der Waals surface area contributed by atoms with Gasteiger partial charge in [0.15, 0.2) is 0 Å². The number of aldehydes is 1. The summed E-state index contributed by atoms with van der Waals surface area (Å²) in [4.78, 5) is 10.2. The maximum Gasteiger partial charge on any atom is 0.122 e. The van der Waals surface area contributed by atoms with E-state index in [9.17, 15) is 4.79 Å². The number of hydrogen-bond donors (Lipinski definition) is 0. The predicted octanol–water partition coefficient (Wildman–Crippen LogP) is 1.42. The number of hydrogen-bond acceptors (Lipinski definition) is 2. The van der Waals surface area contributed by atoms with Crippen LogP contribution in [-0.4, -0.2) is 16.1 Å². The summed E-state index contributed by atoms with van der Waals surface area (Å²) in [5.41, 5.74) is 0. The fourth-order valence-corrected chi connectivity index (χ4v) is 1.07. The van der Waals surface area contributed by atoms with Gasteiger partial charge >= 0.3 is 0 Å². The summed E-state index contributed by atoms with van der Waals surface area (Å²) in [7, 11) is 0. The third-order valence-electron chi connectivity index (χ3n) is 1.74. The van der Waals surface area contributed by atoms with E-state index in [0.717, 1.165) is 12.7 Å². The smallest absolute Gasteiger partial charge is 0.122 e. The lowest BCUT2D eigenvalue weighted by molar-refractivity contribution is -0.108. The van der Waals surface area contributed by atoms with Gasteiger partial charge in [-0.1, -0.05) is 6.92 Å². The highest BCUT2D eigenvalue weighted by molar-refractivity contribution is 5.49. The van der Waals surface area contributed by atoms with E-state index < -0.39 is 0 Å². The lowest BCUT2D eigenvalue weighted by Crippen LogP contribution is -2.08. The number of carbonyl (C=O) groups is 1. The van der Waals surface area contributed by atoms with Gasteiger partial charge in [-0.25, -0.2) is 0 Å². The highest BCUT2D eigenvalue weighted by Crippen LogP contribution is 2.11. The Balaban J connectivity index is 2.62. The van der Waals surface area contributed by atoms with Crippen molar-refractivity contribution in [3.05, 3.63) is 18.5 Å². The summed E-state index contributed by atoms with van der Waals surface area (Å²) < 4.78 is 1.83. The van der Waals surface area contributed by atoms with Gasteiger partial charge in [0.2, 0.25) is 0 Å². The molecule has 1 rings (SSSR count). The molecule has 1 atom stereocenters. The highest BCUT2D eigenvalue weighted by atomic mass is 16.1. The summed E-state index contributed by atoms with van der Waals surface area (Å²) in [6, 6.07) is 2.11. The molecular weight excluding hydrogens is 140 g/mol. The number of aromatic nitrogens is 2. The van der Waals surface area contributed by atoms with Gasteiger partial charge in [0.05, 0.1) is 6.04 Å². The first-order valence-corrected chi connectivity index (χ1v) is 3.81. The summed E-state index contributed by atoms with van der Waals surface area (Å²) in [6.07, 6.45) is 6.06. The standard InChI is InChI=1S/C8H12N2O/c1-2-8(4-7-11)10-6-3-5-9-10/h3,5-8H,2,4H2,1H3. The van der Waals surface area contributed by atoms with Crippen molar-refractivity contribution in [3.63, 3.8) is 0 Å². The van der Waals surface area contributed by atoms with Crippen molar-refractivity contribution in [2.24, 2.45) is 0 Å². The molecule has 1 unspecified atom stereocenters.